The van der Waals surface area contributed by atoms with E-state index in [9.17, 15) is 18.0 Å². The lowest BCUT2D eigenvalue weighted by Crippen LogP contribution is -2.35. The third kappa shape index (κ3) is 4.65. The van der Waals surface area contributed by atoms with Gasteiger partial charge in [-0.3, -0.25) is 4.79 Å². The van der Waals surface area contributed by atoms with Gasteiger partial charge in [-0.05, 0) is 25.1 Å². The molecule has 0 saturated carbocycles. The molecule has 10 heteroatoms. The lowest BCUT2D eigenvalue weighted by molar-refractivity contribution is -0.129. The minimum Gasteiger partial charge on any atom is -0.467 e. The molecule has 23 heavy (non-hydrogen) atoms. The van der Waals surface area contributed by atoms with Gasteiger partial charge in [-0.1, -0.05) is 0 Å². The van der Waals surface area contributed by atoms with Crippen molar-refractivity contribution in [3.8, 4) is 0 Å². The molecule has 2 rings (SSSR count). The van der Waals surface area contributed by atoms with Crippen molar-refractivity contribution in [2.24, 2.45) is 5.14 Å². The maximum Gasteiger partial charge on any atom is 0.339 e. The second kappa shape index (κ2) is 6.94. The summed E-state index contributed by atoms with van der Waals surface area (Å²) < 4.78 is 32.2. The summed E-state index contributed by atoms with van der Waals surface area (Å²) in [7, 11) is -3.87. The Hall–Kier alpha value is -2.17. The summed E-state index contributed by atoms with van der Waals surface area (Å²) in [5, 5.41) is 8.81. The van der Waals surface area contributed by atoms with Crippen molar-refractivity contribution in [2.45, 2.75) is 23.8 Å². The molecular formula is C13H14N2O6S2. The molecule has 1 unspecified atom stereocenters. The number of carbonyl (C=O) groups excluding carboxylic acids is 2. The van der Waals surface area contributed by atoms with E-state index in [1.807, 2.05) is 0 Å². The molecule has 1 atom stereocenters. The second-order valence-electron chi connectivity index (χ2n) is 4.54. The lowest BCUT2D eigenvalue weighted by atomic mass is 10.3. The van der Waals surface area contributed by atoms with Crippen LogP contribution < -0.4 is 10.5 Å². The van der Waals surface area contributed by atoms with Crippen LogP contribution in [-0.4, -0.2) is 26.4 Å². The molecule has 1 amide bonds. The number of amides is 1. The standard InChI is InChI=1S/C13H14N2O6S2/c1-8(12(16)15-6-10-3-2-4-20-10)21-13(17)9-5-11(22-7-9)23(14,18)19/h2-5,7-8H,6H2,1H3,(H,15,16)(H2,14,18,19). The van der Waals surface area contributed by atoms with Crippen LogP contribution >= 0.6 is 11.3 Å². The van der Waals surface area contributed by atoms with E-state index in [2.05, 4.69) is 5.32 Å². The van der Waals surface area contributed by atoms with Crippen molar-refractivity contribution in [3.63, 3.8) is 0 Å². The molecule has 0 aliphatic heterocycles. The summed E-state index contributed by atoms with van der Waals surface area (Å²) in [6.45, 7) is 1.57. The number of hydrogen-bond acceptors (Lipinski definition) is 7. The molecule has 0 bridgehead atoms. The monoisotopic (exact) mass is 358 g/mol. The van der Waals surface area contributed by atoms with Gasteiger partial charge in [0.2, 0.25) is 10.0 Å². The summed E-state index contributed by atoms with van der Waals surface area (Å²) >= 11 is 0.802. The Kier molecular flexibility index (Phi) is 5.19. The Bertz CT molecular complexity index is 794. The van der Waals surface area contributed by atoms with Crippen LogP contribution in [-0.2, 0) is 26.1 Å². The Labute approximate surface area is 136 Å². The van der Waals surface area contributed by atoms with Crippen LogP contribution in [0.15, 0.2) is 38.5 Å². The van der Waals surface area contributed by atoms with E-state index in [0.29, 0.717) is 5.76 Å². The highest BCUT2D eigenvalue weighted by Crippen LogP contribution is 2.19. The van der Waals surface area contributed by atoms with Crippen molar-refractivity contribution in [3.05, 3.63) is 41.2 Å². The van der Waals surface area contributed by atoms with Gasteiger partial charge >= 0.3 is 5.97 Å². The minimum absolute atomic E-state index is 0.0182. The zero-order valence-corrected chi connectivity index (χ0v) is 13.6. The molecule has 2 heterocycles. The Morgan fingerprint density at radius 1 is 1.48 bits per heavy atom. The quantitative estimate of drug-likeness (QED) is 0.737. The van der Waals surface area contributed by atoms with Crippen LogP contribution in [0.2, 0.25) is 0 Å². The van der Waals surface area contributed by atoms with Gasteiger partial charge in [-0.15, -0.1) is 11.3 Å². The van der Waals surface area contributed by atoms with Gasteiger partial charge in [0.15, 0.2) is 6.10 Å². The average molecular weight is 358 g/mol. The van der Waals surface area contributed by atoms with E-state index < -0.39 is 28.0 Å². The molecule has 0 saturated heterocycles. The largest absolute Gasteiger partial charge is 0.467 e. The van der Waals surface area contributed by atoms with Crippen LogP contribution in [0, 0.1) is 0 Å². The molecule has 0 aromatic carbocycles. The van der Waals surface area contributed by atoms with Gasteiger partial charge in [-0.2, -0.15) is 0 Å². The number of nitrogens with two attached hydrogens (primary N) is 1. The molecule has 0 aliphatic rings. The molecular weight excluding hydrogens is 344 g/mol. The first-order valence-corrected chi connectivity index (χ1v) is 8.82. The minimum atomic E-state index is -3.87. The van der Waals surface area contributed by atoms with Crippen molar-refractivity contribution < 1.29 is 27.2 Å². The highest BCUT2D eigenvalue weighted by Gasteiger charge is 2.21. The first-order chi connectivity index (χ1) is 10.8. The number of furan rings is 1. The molecule has 2 aromatic rings. The maximum absolute atomic E-state index is 11.9. The van der Waals surface area contributed by atoms with Crippen LogP contribution in [0.3, 0.4) is 0 Å². The van der Waals surface area contributed by atoms with E-state index in [1.54, 1.807) is 12.1 Å². The Morgan fingerprint density at radius 2 is 2.22 bits per heavy atom. The molecule has 0 aliphatic carbocycles. The molecule has 0 spiro atoms. The van der Waals surface area contributed by atoms with E-state index in [1.165, 1.54) is 18.6 Å². The van der Waals surface area contributed by atoms with Crippen molar-refractivity contribution in [2.75, 3.05) is 0 Å². The second-order valence-corrected chi connectivity index (χ2v) is 7.24. The van der Waals surface area contributed by atoms with E-state index >= 15 is 0 Å². The van der Waals surface area contributed by atoms with Crippen molar-refractivity contribution in [1.29, 1.82) is 0 Å². The number of primary sulfonamides is 1. The molecule has 0 radical (unpaired) electrons. The number of rotatable bonds is 6. The molecule has 124 valence electrons. The summed E-state index contributed by atoms with van der Waals surface area (Å²) in [6, 6.07) is 4.48. The number of nitrogens with one attached hydrogen (secondary N) is 1. The van der Waals surface area contributed by atoms with Gasteiger partial charge in [-0.25, -0.2) is 18.4 Å². The smallest absolute Gasteiger partial charge is 0.339 e. The highest BCUT2D eigenvalue weighted by molar-refractivity contribution is 7.91. The first kappa shape index (κ1) is 17.2. The third-order valence-electron chi connectivity index (χ3n) is 2.76. The summed E-state index contributed by atoms with van der Waals surface area (Å²) in [4.78, 5) is 23.7. The van der Waals surface area contributed by atoms with Gasteiger partial charge in [0, 0.05) is 5.38 Å². The fourth-order valence-corrected chi connectivity index (χ4v) is 3.16. The van der Waals surface area contributed by atoms with Crippen LogP contribution in [0.1, 0.15) is 23.0 Å². The molecule has 8 nitrogen and oxygen atoms in total. The fourth-order valence-electron chi connectivity index (χ4n) is 1.59. The predicted octanol–water partition coefficient (Wildman–Crippen LogP) is 0.850. The van der Waals surface area contributed by atoms with Crippen molar-refractivity contribution >= 4 is 33.2 Å². The summed E-state index contributed by atoms with van der Waals surface area (Å²) in [5.41, 5.74) is 0.0182. The molecule has 0 fully saturated rings. The van der Waals surface area contributed by atoms with Gasteiger partial charge in [0.25, 0.3) is 5.91 Å². The third-order valence-corrected chi connectivity index (χ3v) is 5.15. The first-order valence-electron chi connectivity index (χ1n) is 6.40. The average Bonchev–Trinajstić information content (AvgIpc) is 3.14. The summed E-state index contributed by atoms with van der Waals surface area (Å²) in [6.07, 6.45) is 0.431. The molecule has 3 N–H and O–H groups in total. The lowest BCUT2D eigenvalue weighted by Gasteiger charge is -2.12. The number of hydrogen-bond donors (Lipinski definition) is 2. The maximum atomic E-state index is 11.9. The van der Waals surface area contributed by atoms with Gasteiger partial charge < -0.3 is 14.5 Å². The predicted molar refractivity (Wildman–Crippen MR) is 81.1 cm³/mol. The number of sulfonamides is 1. The number of esters is 1. The van der Waals surface area contributed by atoms with Crippen LogP contribution in [0.25, 0.3) is 0 Å². The number of carbonyl (C=O) groups is 2. The molecule has 2 aromatic heterocycles. The van der Waals surface area contributed by atoms with Gasteiger partial charge in [0.1, 0.15) is 9.97 Å². The zero-order valence-electron chi connectivity index (χ0n) is 12.0. The summed E-state index contributed by atoms with van der Waals surface area (Å²) in [5.74, 6) is -0.749. The van der Waals surface area contributed by atoms with Crippen LogP contribution in [0.5, 0.6) is 0 Å². The van der Waals surface area contributed by atoms with Gasteiger partial charge in [0.05, 0.1) is 18.4 Å². The fraction of sp³-hybridized carbons (Fsp3) is 0.231. The number of thiophene rings is 1. The zero-order chi connectivity index (χ0) is 17.0. The van der Waals surface area contributed by atoms with Crippen molar-refractivity contribution in [1.82, 2.24) is 5.32 Å². The Balaban J connectivity index is 1.91. The van der Waals surface area contributed by atoms with E-state index in [4.69, 9.17) is 14.3 Å². The van der Waals surface area contributed by atoms with E-state index in [0.717, 1.165) is 17.4 Å². The SMILES string of the molecule is CC(OC(=O)c1csc(S(N)(=O)=O)c1)C(=O)NCc1ccco1. The topological polar surface area (TPSA) is 129 Å². The van der Waals surface area contributed by atoms with E-state index in [-0.39, 0.29) is 16.3 Å². The highest BCUT2D eigenvalue weighted by atomic mass is 32.2. The van der Waals surface area contributed by atoms with Crippen LogP contribution in [0.4, 0.5) is 0 Å². The normalized spacial score (nSPS) is 12.6. The number of ether oxygens (including phenoxy) is 1. The Morgan fingerprint density at radius 3 is 2.78 bits per heavy atom.